The molecule has 3 aromatic rings. The number of aromatic nitrogens is 1. The maximum atomic E-state index is 13.0. The lowest BCUT2D eigenvalue weighted by atomic mass is 10.1. The molecule has 0 saturated carbocycles. The van der Waals surface area contributed by atoms with Gasteiger partial charge in [-0.25, -0.2) is 0 Å². The van der Waals surface area contributed by atoms with Gasteiger partial charge < -0.3 is 31.3 Å². The van der Waals surface area contributed by atoms with Gasteiger partial charge in [0.2, 0.25) is 0 Å². The summed E-state index contributed by atoms with van der Waals surface area (Å²) in [6.45, 7) is 5.17. The Hall–Kier alpha value is -3.35. The van der Waals surface area contributed by atoms with Crippen LogP contribution in [0.2, 0.25) is 0 Å². The van der Waals surface area contributed by atoms with Gasteiger partial charge in [-0.1, -0.05) is 18.2 Å². The molecule has 188 valence electrons. The van der Waals surface area contributed by atoms with Crippen LogP contribution in [0, 0.1) is 0 Å². The molecule has 2 aromatic carbocycles. The molecule has 1 aromatic heterocycles. The summed E-state index contributed by atoms with van der Waals surface area (Å²) in [5.74, 6) is 1.30. The Kier molecular flexibility index (Phi) is 7.67. The quantitative estimate of drug-likeness (QED) is 0.374. The van der Waals surface area contributed by atoms with E-state index in [1.807, 2.05) is 24.4 Å². The number of piperazine rings is 1. The number of benzene rings is 2. The van der Waals surface area contributed by atoms with Gasteiger partial charge in [0.1, 0.15) is 6.54 Å². The Morgan fingerprint density at radius 2 is 1.69 bits per heavy atom. The Bertz CT molecular complexity index is 1250. The number of methoxy groups -OCH3 is 2. The van der Waals surface area contributed by atoms with Crippen LogP contribution < -0.4 is 26.8 Å². The van der Waals surface area contributed by atoms with Gasteiger partial charge in [-0.15, -0.1) is 0 Å². The fraction of sp³-hybridized carbons (Fsp3) is 0.310. The fourth-order valence-corrected chi connectivity index (χ4v) is 5.08. The van der Waals surface area contributed by atoms with E-state index in [1.165, 1.54) is 5.69 Å². The number of ketones is 1. The summed E-state index contributed by atoms with van der Waals surface area (Å²) in [6.07, 6.45) is 4.48. The Balaban J connectivity index is 0.00000304. The molecule has 5 rings (SSSR count). The fourth-order valence-electron chi connectivity index (χ4n) is 5.08. The predicted molar refractivity (Wildman–Crippen MR) is 138 cm³/mol. The molecule has 2 aliphatic rings. The minimum atomic E-state index is 0. The lowest BCUT2D eigenvalue weighted by Gasteiger charge is -2.42. The second-order valence-electron chi connectivity index (χ2n) is 9.66. The molecule has 2 heterocycles. The van der Waals surface area contributed by atoms with Gasteiger partial charge in [0.15, 0.2) is 17.3 Å². The SMILES string of the molecule is COc1cc2c(cc1OC)C(=O)/C(=C/c1ccc(N3CC[N+](C)(Cc4ccccn4)CC3)cc1)C2.[Cl-]. The first-order chi connectivity index (χ1) is 17.0. The van der Waals surface area contributed by atoms with Crippen LogP contribution in [0.3, 0.4) is 0 Å². The van der Waals surface area contributed by atoms with Gasteiger partial charge in [-0.2, -0.15) is 0 Å². The van der Waals surface area contributed by atoms with Crippen LogP contribution in [-0.4, -0.2) is 62.7 Å². The maximum absolute atomic E-state index is 13.0. The highest BCUT2D eigenvalue weighted by molar-refractivity contribution is 6.16. The topological polar surface area (TPSA) is 51.7 Å². The number of likely N-dealkylation sites (N-methyl/N-ethyl adjacent to an activating group) is 1. The second-order valence-corrected chi connectivity index (χ2v) is 9.66. The standard InChI is InChI=1S/C29H32N3O3.ClH/c1-32(20-24-6-4-5-11-30-24)14-12-31(13-15-32)25-9-7-21(8-10-25)16-23-17-22-18-27(34-2)28(35-3)19-26(22)29(23)33;/h4-11,16,18-19H,12-15,17,20H2,1-3H3;1H/q+1;/p-1/b23-16+;. The Labute approximate surface area is 219 Å². The Morgan fingerprint density at radius 1 is 1.00 bits per heavy atom. The zero-order valence-corrected chi connectivity index (χ0v) is 21.8. The summed E-state index contributed by atoms with van der Waals surface area (Å²) in [4.78, 5) is 20.0. The summed E-state index contributed by atoms with van der Waals surface area (Å²) < 4.78 is 11.8. The van der Waals surface area contributed by atoms with Crippen LogP contribution in [0.5, 0.6) is 11.5 Å². The van der Waals surface area contributed by atoms with Gasteiger partial charge in [0.25, 0.3) is 0 Å². The first kappa shape index (κ1) is 25.7. The molecule has 1 saturated heterocycles. The minimum absolute atomic E-state index is 0. The number of quaternary nitrogens is 1. The summed E-state index contributed by atoms with van der Waals surface area (Å²) in [7, 11) is 5.52. The van der Waals surface area contributed by atoms with Crippen molar-refractivity contribution in [2.45, 2.75) is 13.0 Å². The van der Waals surface area contributed by atoms with Crippen LogP contribution in [0.15, 0.2) is 66.4 Å². The first-order valence-electron chi connectivity index (χ1n) is 12.1. The minimum Gasteiger partial charge on any atom is -1.00 e. The van der Waals surface area contributed by atoms with E-state index >= 15 is 0 Å². The van der Waals surface area contributed by atoms with Crippen molar-refractivity contribution < 1.29 is 31.2 Å². The molecule has 0 unspecified atom stereocenters. The van der Waals surface area contributed by atoms with Crippen LogP contribution in [-0.2, 0) is 13.0 Å². The monoisotopic (exact) mass is 505 g/mol. The molecule has 0 spiro atoms. The van der Waals surface area contributed by atoms with Gasteiger partial charge in [-0.05, 0) is 53.6 Å². The van der Waals surface area contributed by atoms with Crippen LogP contribution in [0.4, 0.5) is 5.69 Å². The molecular weight excluding hydrogens is 474 g/mol. The molecule has 6 nitrogen and oxygen atoms in total. The van der Waals surface area contributed by atoms with Crippen molar-refractivity contribution in [3.63, 3.8) is 0 Å². The largest absolute Gasteiger partial charge is 1.00 e. The number of pyridine rings is 1. The average Bonchev–Trinajstić information content (AvgIpc) is 3.18. The number of halogens is 1. The average molecular weight is 506 g/mol. The van der Waals surface area contributed by atoms with Crippen LogP contribution in [0.1, 0.15) is 27.2 Å². The van der Waals surface area contributed by atoms with E-state index in [9.17, 15) is 4.79 Å². The van der Waals surface area contributed by atoms with E-state index in [1.54, 1.807) is 20.3 Å². The molecule has 0 N–H and O–H groups in total. The summed E-state index contributed by atoms with van der Waals surface area (Å²) in [5.41, 5.74) is 5.90. The Morgan fingerprint density at radius 3 is 2.33 bits per heavy atom. The maximum Gasteiger partial charge on any atom is 0.189 e. The number of Topliss-reactive ketones (excluding diaryl/α,β-unsaturated/α-hetero) is 1. The number of allylic oxidation sites excluding steroid dienone is 1. The van der Waals surface area contributed by atoms with Gasteiger partial charge >= 0.3 is 0 Å². The molecular formula is C29H32ClN3O3. The van der Waals surface area contributed by atoms with E-state index < -0.39 is 0 Å². The van der Waals surface area contributed by atoms with Crippen molar-refractivity contribution in [1.29, 1.82) is 0 Å². The summed E-state index contributed by atoms with van der Waals surface area (Å²) in [5, 5.41) is 0. The zero-order valence-electron chi connectivity index (χ0n) is 21.0. The van der Waals surface area contributed by atoms with Crippen molar-refractivity contribution in [1.82, 2.24) is 4.98 Å². The lowest BCUT2D eigenvalue weighted by Crippen LogP contribution is -3.00. The number of ether oxygens (including phenoxy) is 2. The molecule has 36 heavy (non-hydrogen) atoms. The van der Waals surface area contributed by atoms with Crippen molar-refractivity contribution in [2.75, 3.05) is 52.3 Å². The normalized spacial score (nSPS) is 17.5. The molecule has 7 heteroatoms. The molecule has 0 amide bonds. The van der Waals surface area contributed by atoms with Crippen molar-refractivity contribution in [3.8, 4) is 11.5 Å². The van der Waals surface area contributed by atoms with E-state index in [-0.39, 0.29) is 18.2 Å². The van der Waals surface area contributed by atoms with Crippen LogP contribution in [0.25, 0.3) is 6.08 Å². The number of rotatable bonds is 6. The van der Waals surface area contributed by atoms with Gasteiger partial charge in [0, 0.05) is 29.4 Å². The highest BCUT2D eigenvalue weighted by atomic mass is 35.5. The van der Waals surface area contributed by atoms with Gasteiger partial charge in [-0.3, -0.25) is 9.78 Å². The van der Waals surface area contributed by atoms with E-state index in [2.05, 4.69) is 53.3 Å². The van der Waals surface area contributed by atoms with Crippen molar-refractivity contribution in [2.24, 2.45) is 0 Å². The molecule has 1 aliphatic carbocycles. The molecule has 0 atom stereocenters. The molecule has 1 fully saturated rings. The van der Waals surface area contributed by atoms with Gasteiger partial charge in [0.05, 0.1) is 53.1 Å². The highest BCUT2D eigenvalue weighted by Crippen LogP contribution is 2.37. The zero-order chi connectivity index (χ0) is 24.4. The first-order valence-corrected chi connectivity index (χ1v) is 12.1. The van der Waals surface area contributed by atoms with E-state index in [0.29, 0.717) is 23.5 Å². The lowest BCUT2D eigenvalue weighted by molar-refractivity contribution is -0.923. The number of hydrogen-bond acceptors (Lipinski definition) is 5. The highest BCUT2D eigenvalue weighted by Gasteiger charge is 2.30. The van der Waals surface area contributed by atoms with Crippen LogP contribution >= 0.6 is 0 Å². The third-order valence-corrected chi connectivity index (χ3v) is 7.22. The van der Waals surface area contributed by atoms with Crippen molar-refractivity contribution >= 4 is 17.5 Å². The third kappa shape index (κ3) is 5.25. The number of nitrogens with zero attached hydrogens (tertiary/aromatic N) is 3. The smallest absolute Gasteiger partial charge is 0.189 e. The number of anilines is 1. The number of fused-ring (bicyclic) bond motifs is 1. The number of hydrogen-bond donors (Lipinski definition) is 0. The van der Waals surface area contributed by atoms with E-state index in [0.717, 1.165) is 59.6 Å². The number of carbonyl (C=O) groups excluding carboxylic acids is 1. The molecule has 0 radical (unpaired) electrons. The number of carbonyl (C=O) groups is 1. The van der Waals surface area contributed by atoms with E-state index in [4.69, 9.17) is 9.47 Å². The molecule has 1 aliphatic heterocycles. The molecule has 0 bridgehead atoms. The summed E-state index contributed by atoms with van der Waals surface area (Å²) >= 11 is 0. The summed E-state index contributed by atoms with van der Waals surface area (Å²) in [6, 6.07) is 18.4. The van der Waals surface area contributed by atoms with Crippen molar-refractivity contribution in [3.05, 3.63) is 88.8 Å². The third-order valence-electron chi connectivity index (χ3n) is 7.22. The predicted octanol–water partition coefficient (Wildman–Crippen LogP) is 1.39. The second kappa shape index (κ2) is 10.7.